The van der Waals surface area contributed by atoms with Crippen LogP contribution in [0.2, 0.25) is 0 Å². The lowest BCUT2D eigenvalue weighted by Crippen LogP contribution is -2.24. The molecule has 0 saturated heterocycles. The van der Waals surface area contributed by atoms with Gasteiger partial charge in [-0.15, -0.1) is 10.2 Å². The van der Waals surface area contributed by atoms with Crippen molar-refractivity contribution in [2.45, 2.75) is 18.7 Å². The van der Waals surface area contributed by atoms with Crippen molar-refractivity contribution in [3.8, 4) is 5.75 Å². The summed E-state index contributed by atoms with van der Waals surface area (Å²) in [5.74, 6) is 0.307. The lowest BCUT2D eigenvalue weighted by molar-refractivity contribution is -0.385. The minimum absolute atomic E-state index is 0.0546. The molecule has 1 N–H and O–H groups in total. The molecule has 0 atom stereocenters. The van der Waals surface area contributed by atoms with Crippen LogP contribution in [0, 0.1) is 17.0 Å². The number of thioether (sulfide) groups is 1. The Bertz CT molecular complexity index is 1110. The van der Waals surface area contributed by atoms with Crippen LogP contribution < -0.4 is 10.1 Å². The van der Waals surface area contributed by atoms with E-state index in [1.165, 1.54) is 25.1 Å². The van der Waals surface area contributed by atoms with Gasteiger partial charge in [0.15, 0.2) is 5.78 Å². The predicted molar refractivity (Wildman–Crippen MR) is 111 cm³/mol. The first-order valence-corrected chi connectivity index (χ1v) is 10.0. The molecule has 10 nitrogen and oxygen atoms in total. The van der Waals surface area contributed by atoms with Crippen molar-refractivity contribution in [3.63, 3.8) is 0 Å². The Labute approximate surface area is 181 Å². The third-order valence-corrected chi connectivity index (χ3v) is 5.15. The number of nitrogens with one attached hydrogen (secondary N) is 1. The van der Waals surface area contributed by atoms with Gasteiger partial charge in [-0.2, -0.15) is 0 Å². The molecule has 0 aliphatic rings. The molecule has 2 aromatic carbocycles. The van der Waals surface area contributed by atoms with Gasteiger partial charge in [0.1, 0.15) is 5.75 Å². The number of Topliss-reactive ketones (excluding diaryl/α,β-unsaturated/α-hetero) is 1. The van der Waals surface area contributed by atoms with Crippen LogP contribution in [-0.2, 0) is 6.54 Å². The zero-order chi connectivity index (χ0) is 22.4. The van der Waals surface area contributed by atoms with Gasteiger partial charge in [-0.05, 0) is 37.3 Å². The van der Waals surface area contributed by atoms with E-state index in [4.69, 9.17) is 9.15 Å². The van der Waals surface area contributed by atoms with Crippen molar-refractivity contribution in [2.75, 3.05) is 12.9 Å². The van der Waals surface area contributed by atoms with E-state index in [0.29, 0.717) is 11.3 Å². The summed E-state index contributed by atoms with van der Waals surface area (Å²) in [4.78, 5) is 35.1. The first kappa shape index (κ1) is 22.0. The minimum atomic E-state index is -0.541. The number of methoxy groups -OCH3 is 1. The Morgan fingerprint density at radius 3 is 2.61 bits per heavy atom. The highest BCUT2D eigenvalue weighted by molar-refractivity contribution is 7.99. The Morgan fingerprint density at radius 2 is 1.94 bits per heavy atom. The third-order valence-electron chi connectivity index (χ3n) is 4.33. The molecule has 1 heterocycles. The van der Waals surface area contributed by atoms with Gasteiger partial charge in [0, 0.05) is 22.8 Å². The van der Waals surface area contributed by atoms with E-state index in [-0.39, 0.29) is 46.0 Å². The number of nitro benzene ring substituents is 1. The van der Waals surface area contributed by atoms with E-state index in [1.54, 1.807) is 31.4 Å². The number of carbonyl (C=O) groups excluding carboxylic acids is 2. The summed E-state index contributed by atoms with van der Waals surface area (Å²) in [5.41, 5.74) is 0.857. The van der Waals surface area contributed by atoms with Crippen molar-refractivity contribution in [2.24, 2.45) is 0 Å². The first-order valence-electron chi connectivity index (χ1n) is 9.03. The van der Waals surface area contributed by atoms with E-state index in [1.807, 2.05) is 0 Å². The van der Waals surface area contributed by atoms with Gasteiger partial charge in [0.25, 0.3) is 16.8 Å². The number of nitrogens with zero attached hydrogens (tertiary/aromatic N) is 3. The van der Waals surface area contributed by atoms with Crippen molar-refractivity contribution in [1.29, 1.82) is 0 Å². The summed E-state index contributed by atoms with van der Waals surface area (Å²) >= 11 is 1.08. The molecule has 3 aromatic rings. The molecular weight excluding hydrogens is 424 g/mol. The van der Waals surface area contributed by atoms with Crippen LogP contribution in [0.3, 0.4) is 0 Å². The Balaban J connectivity index is 1.54. The lowest BCUT2D eigenvalue weighted by atomic mass is 10.1. The van der Waals surface area contributed by atoms with Crippen LogP contribution in [0.15, 0.2) is 52.1 Å². The summed E-state index contributed by atoms with van der Waals surface area (Å²) in [6.07, 6.45) is 0. The van der Waals surface area contributed by atoms with E-state index in [9.17, 15) is 19.7 Å². The van der Waals surface area contributed by atoms with E-state index in [0.717, 1.165) is 11.8 Å². The van der Waals surface area contributed by atoms with Crippen LogP contribution >= 0.6 is 11.8 Å². The van der Waals surface area contributed by atoms with Crippen LogP contribution in [0.25, 0.3) is 0 Å². The molecule has 160 valence electrons. The molecule has 3 rings (SSSR count). The normalized spacial score (nSPS) is 10.5. The molecule has 0 bridgehead atoms. The molecule has 0 saturated carbocycles. The second kappa shape index (κ2) is 9.85. The predicted octanol–water partition coefficient (Wildman–Crippen LogP) is 3.20. The topological polar surface area (TPSA) is 137 Å². The highest BCUT2D eigenvalue weighted by Gasteiger charge is 2.18. The average molecular weight is 442 g/mol. The van der Waals surface area contributed by atoms with Gasteiger partial charge in [-0.25, -0.2) is 0 Å². The molecule has 31 heavy (non-hydrogen) atoms. The summed E-state index contributed by atoms with van der Waals surface area (Å²) in [5, 5.41) is 21.5. The first-order chi connectivity index (χ1) is 14.9. The SMILES string of the molecule is COc1ccc(C(=O)CSc2nnc(CNC(=O)c3cccc([N+](=O)[O-])c3C)o2)cc1. The molecule has 0 spiro atoms. The number of amides is 1. The molecule has 0 aliphatic heterocycles. The number of carbonyl (C=O) groups is 2. The van der Waals surface area contributed by atoms with Gasteiger partial charge in [-0.1, -0.05) is 17.8 Å². The van der Waals surface area contributed by atoms with Crippen molar-refractivity contribution in [1.82, 2.24) is 15.5 Å². The highest BCUT2D eigenvalue weighted by Crippen LogP contribution is 2.22. The minimum Gasteiger partial charge on any atom is -0.497 e. The molecule has 1 aromatic heterocycles. The lowest BCUT2D eigenvalue weighted by Gasteiger charge is -2.06. The van der Waals surface area contributed by atoms with Gasteiger partial charge in [0.2, 0.25) is 5.89 Å². The van der Waals surface area contributed by atoms with E-state index >= 15 is 0 Å². The number of aromatic nitrogens is 2. The molecule has 0 radical (unpaired) electrons. The van der Waals surface area contributed by atoms with Gasteiger partial charge in [-0.3, -0.25) is 19.7 Å². The fourth-order valence-corrected chi connectivity index (χ4v) is 3.35. The Hall–Kier alpha value is -3.73. The number of hydrogen-bond acceptors (Lipinski definition) is 9. The van der Waals surface area contributed by atoms with Gasteiger partial charge in [0.05, 0.1) is 24.3 Å². The van der Waals surface area contributed by atoms with Gasteiger partial charge < -0.3 is 14.5 Å². The second-order valence-electron chi connectivity index (χ2n) is 6.29. The molecule has 0 fully saturated rings. The van der Waals surface area contributed by atoms with Crippen molar-refractivity contribution in [3.05, 3.63) is 75.2 Å². The van der Waals surface area contributed by atoms with E-state index in [2.05, 4.69) is 15.5 Å². The summed E-state index contributed by atoms with van der Waals surface area (Å²) < 4.78 is 10.5. The van der Waals surface area contributed by atoms with Crippen molar-refractivity contribution >= 4 is 29.1 Å². The summed E-state index contributed by atoms with van der Waals surface area (Å²) in [7, 11) is 1.55. The largest absolute Gasteiger partial charge is 0.497 e. The number of hydrogen-bond donors (Lipinski definition) is 1. The molecule has 11 heteroatoms. The third kappa shape index (κ3) is 5.45. The quantitative estimate of drug-likeness (QED) is 0.229. The number of ketones is 1. The molecular formula is C20H18N4O6S. The number of nitro groups is 1. The Morgan fingerprint density at radius 1 is 1.19 bits per heavy atom. The van der Waals surface area contributed by atoms with Crippen LogP contribution in [0.4, 0.5) is 5.69 Å². The maximum absolute atomic E-state index is 12.4. The van der Waals surface area contributed by atoms with Gasteiger partial charge >= 0.3 is 0 Å². The fraction of sp³-hybridized carbons (Fsp3) is 0.200. The smallest absolute Gasteiger partial charge is 0.277 e. The fourth-order valence-electron chi connectivity index (χ4n) is 2.67. The zero-order valence-electron chi connectivity index (χ0n) is 16.7. The summed E-state index contributed by atoms with van der Waals surface area (Å²) in [6.45, 7) is 1.45. The number of ether oxygens (including phenoxy) is 1. The molecule has 0 unspecified atom stereocenters. The van der Waals surface area contributed by atoms with E-state index < -0.39 is 10.8 Å². The van der Waals surface area contributed by atoms with Crippen molar-refractivity contribution < 1.29 is 23.7 Å². The maximum atomic E-state index is 12.4. The number of rotatable bonds is 9. The van der Waals surface area contributed by atoms with Crippen LogP contribution in [-0.4, -0.2) is 39.7 Å². The molecule has 1 amide bonds. The summed E-state index contributed by atoms with van der Waals surface area (Å²) in [6, 6.07) is 11.0. The zero-order valence-corrected chi connectivity index (χ0v) is 17.5. The monoisotopic (exact) mass is 442 g/mol. The van der Waals surface area contributed by atoms with Crippen LogP contribution in [0.5, 0.6) is 5.75 Å². The standard InChI is InChI=1S/C20H18N4O6S/c1-12-15(4-3-5-16(12)24(27)28)19(26)21-10-18-22-23-20(30-18)31-11-17(25)13-6-8-14(29-2)9-7-13/h3-9H,10-11H2,1-2H3,(H,21,26). The molecule has 0 aliphatic carbocycles. The van der Waals surface area contributed by atoms with Crippen LogP contribution in [0.1, 0.15) is 32.2 Å². The second-order valence-corrected chi connectivity index (χ2v) is 7.22. The average Bonchev–Trinajstić information content (AvgIpc) is 3.23. The Kier molecular flexibility index (Phi) is 6.98. The highest BCUT2D eigenvalue weighted by atomic mass is 32.2. The maximum Gasteiger partial charge on any atom is 0.277 e. The number of benzene rings is 2.